The van der Waals surface area contributed by atoms with E-state index in [2.05, 4.69) is 5.43 Å². The number of ether oxygens (including phenoxy) is 2. The molecule has 0 unspecified atom stereocenters. The fourth-order valence-corrected chi connectivity index (χ4v) is 3.28. The van der Waals surface area contributed by atoms with Crippen molar-refractivity contribution < 1.29 is 34.1 Å². The van der Waals surface area contributed by atoms with Crippen molar-refractivity contribution in [1.82, 2.24) is 5.43 Å². The minimum atomic E-state index is -1.23. The molecule has 1 heterocycles. The molecular weight excluding hydrogens is 428 g/mol. The van der Waals surface area contributed by atoms with Crippen molar-refractivity contribution >= 4 is 29.5 Å². The van der Waals surface area contributed by atoms with Crippen LogP contribution in [-0.4, -0.2) is 47.3 Å². The van der Waals surface area contributed by atoms with E-state index >= 15 is 0 Å². The fourth-order valence-electron chi connectivity index (χ4n) is 3.28. The number of nitrogens with zero attached hydrogens (tertiary/aromatic N) is 1. The molecule has 0 aliphatic carbocycles. The second kappa shape index (κ2) is 10.6. The molecule has 0 aromatic heterocycles. The number of para-hydroxylation sites is 1. The summed E-state index contributed by atoms with van der Waals surface area (Å²) in [5.41, 5.74) is 4.00. The number of rotatable bonds is 10. The van der Waals surface area contributed by atoms with E-state index in [1.165, 1.54) is 6.08 Å². The number of benzene rings is 2. The molecule has 1 aliphatic rings. The van der Waals surface area contributed by atoms with E-state index in [9.17, 15) is 19.5 Å². The summed E-state index contributed by atoms with van der Waals surface area (Å²) in [5, 5.41) is 20.0. The first-order chi connectivity index (χ1) is 15.8. The average molecular weight is 454 g/mol. The molecule has 3 N–H and O–H groups in total. The molecule has 9 nitrogen and oxygen atoms in total. The summed E-state index contributed by atoms with van der Waals surface area (Å²) in [6, 6.07) is 12.1. The lowest BCUT2D eigenvalue weighted by Crippen LogP contribution is -2.35. The monoisotopic (exact) mass is 454 g/mol. The van der Waals surface area contributed by atoms with Crippen LogP contribution in [-0.2, 0) is 14.4 Å². The molecule has 9 heteroatoms. The molecule has 1 fully saturated rings. The Labute approximate surface area is 191 Å². The van der Waals surface area contributed by atoms with Crippen LogP contribution in [0.2, 0.25) is 0 Å². The third-order valence-electron chi connectivity index (χ3n) is 4.88. The predicted molar refractivity (Wildman–Crippen MR) is 121 cm³/mol. The zero-order chi connectivity index (χ0) is 24.0. The van der Waals surface area contributed by atoms with Crippen LogP contribution in [0.3, 0.4) is 0 Å². The van der Waals surface area contributed by atoms with Crippen LogP contribution in [0.15, 0.2) is 48.0 Å². The van der Waals surface area contributed by atoms with Crippen LogP contribution >= 0.6 is 0 Å². The molecule has 2 amide bonds. The summed E-state index contributed by atoms with van der Waals surface area (Å²) in [4.78, 5) is 36.3. The predicted octanol–water partition coefficient (Wildman–Crippen LogP) is 2.46. The minimum Gasteiger partial charge on any atom is -0.493 e. The Morgan fingerprint density at radius 1 is 1.15 bits per heavy atom. The summed E-state index contributed by atoms with van der Waals surface area (Å²) >= 11 is 0. The number of hydrogen-bond acceptors (Lipinski definition) is 6. The van der Waals surface area contributed by atoms with Gasteiger partial charge in [-0.3, -0.25) is 19.8 Å². The highest BCUT2D eigenvalue weighted by Gasteiger charge is 2.34. The Morgan fingerprint density at radius 3 is 2.55 bits per heavy atom. The van der Waals surface area contributed by atoms with Gasteiger partial charge in [0, 0.05) is 11.1 Å². The number of aliphatic hydroxyl groups excluding tert-OH is 1. The quantitative estimate of drug-likeness (QED) is 0.372. The highest BCUT2D eigenvalue weighted by atomic mass is 16.5. The first-order valence-electron chi connectivity index (χ1n) is 10.5. The van der Waals surface area contributed by atoms with Crippen LogP contribution in [0.1, 0.15) is 30.9 Å². The molecule has 0 radical (unpaired) electrons. The van der Waals surface area contributed by atoms with Gasteiger partial charge in [-0.1, -0.05) is 25.1 Å². The average Bonchev–Trinajstić information content (AvgIpc) is 3.06. The Kier molecular flexibility index (Phi) is 7.68. The van der Waals surface area contributed by atoms with Gasteiger partial charge >= 0.3 is 5.97 Å². The number of aliphatic carboxylic acids is 1. The van der Waals surface area contributed by atoms with Crippen molar-refractivity contribution in [3.8, 4) is 11.5 Å². The van der Waals surface area contributed by atoms with Gasteiger partial charge in [-0.2, -0.15) is 0 Å². The molecule has 0 bridgehead atoms. The smallest absolute Gasteiger partial charge is 0.306 e. The van der Waals surface area contributed by atoms with Crippen molar-refractivity contribution in [2.24, 2.45) is 0 Å². The molecule has 1 atom stereocenters. The lowest BCUT2D eigenvalue weighted by molar-refractivity contribution is -0.139. The van der Waals surface area contributed by atoms with Crippen LogP contribution in [0.4, 0.5) is 5.69 Å². The van der Waals surface area contributed by atoms with E-state index in [-0.39, 0.29) is 12.2 Å². The van der Waals surface area contributed by atoms with Crippen molar-refractivity contribution in [3.05, 3.63) is 59.2 Å². The van der Waals surface area contributed by atoms with Gasteiger partial charge in [-0.15, -0.1) is 0 Å². The van der Waals surface area contributed by atoms with Crippen molar-refractivity contribution in [2.75, 3.05) is 18.2 Å². The van der Waals surface area contributed by atoms with Crippen molar-refractivity contribution in [1.29, 1.82) is 0 Å². The standard InChI is InChI=1S/C24H26N2O7/c1-3-11-32-20-10-9-16(22(15(20)2)33-14-18(27)13-21(28)29)12-19-23(30)25-26(24(19)31)17-7-5-4-6-8-17/h4-10,12,18,27H,3,11,13-14H2,1-2H3,(H,25,30)(H,28,29)/b19-12-/t18-/m0/s1. The van der Waals surface area contributed by atoms with Crippen molar-refractivity contribution in [3.63, 3.8) is 0 Å². The lowest BCUT2D eigenvalue weighted by atomic mass is 10.0. The summed E-state index contributed by atoms with van der Waals surface area (Å²) in [6.45, 7) is 3.92. The van der Waals surface area contributed by atoms with Crippen LogP contribution in [0, 0.1) is 6.92 Å². The van der Waals surface area contributed by atoms with Gasteiger partial charge in [-0.25, -0.2) is 5.01 Å². The maximum absolute atomic E-state index is 12.9. The normalized spacial score (nSPS) is 15.5. The van der Waals surface area contributed by atoms with Gasteiger partial charge in [0.2, 0.25) is 0 Å². The second-order valence-electron chi connectivity index (χ2n) is 7.49. The highest BCUT2D eigenvalue weighted by molar-refractivity contribution is 6.31. The maximum Gasteiger partial charge on any atom is 0.306 e. The molecule has 33 heavy (non-hydrogen) atoms. The van der Waals surface area contributed by atoms with Crippen molar-refractivity contribution in [2.45, 2.75) is 32.8 Å². The molecule has 0 saturated carbocycles. The summed E-state index contributed by atoms with van der Waals surface area (Å²) < 4.78 is 11.5. The summed E-state index contributed by atoms with van der Waals surface area (Å²) in [5.74, 6) is -1.40. The molecular formula is C24H26N2O7. The number of hydrogen-bond donors (Lipinski definition) is 3. The number of carbonyl (C=O) groups excluding carboxylic acids is 2. The molecule has 0 spiro atoms. The summed E-state index contributed by atoms with van der Waals surface area (Å²) in [6.07, 6.45) is 0.500. The highest BCUT2D eigenvalue weighted by Crippen LogP contribution is 2.34. The van der Waals surface area contributed by atoms with Gasteiger partial charge in [0.25, 0.3) is 11.8 Å². The van der Waals surface area contributed by atoms with Gasteiger partial charge < -0.3 is 19.7 Å². The third kappa shape index (κ3) is 5.69. The number of amides is 2. The van der Waals surface area contributed by atoms with Gasteiger partial charge in [0.15, 0.2) is 0 Å². The Bertz CT molecular complexity index is 1070. The van der Waals surface area contributed by atoms with Gasteiger partial charge in [0.05, 0.1) is 24.8 Å². The second-order valence-corrected chi connectivity index (χ2v) is 7.49. The Hall–Kier alpha value is -3.85. The fraction of sp³-hybridized carbons (Fsp3) is 0.292. The van der Waals surface area contributed by atoms with Crippen LogP contribution < -0.4 is 19.9 Å². The Morgan fingerprint density at radius 2 is 1.88 bits per heavy atom. The van der Waals surface area contributed by atoms with E-state index in [1.807, 2.05) is 6.92 Å². The lowest BCUT2D eigenvalue weighted by Gasteiger charge is -2.18. The number of hydrazine groups is 1. The maximum atomic E-state index is 12.9. The first kappa shape index (κ1) is 23.8. The number of carboxylic acids is 1. The third-order valence-corrected chi connectivity index (χ3v) is 4.88. The van der Waals surface area contributed by atoms with E-state index in [0.29, 0.717) is 34.9 Å². The molecule has 1 saturated heterocycles. The first-order valence-corrected chi connectivity index (χ1v) is 10.5. The summed E-state index contributed by atoms with van der Waals surface area (Å²) in [7, 11) is 0. The van der Waals surface area contributed by atoms with E-state index < -0.39 is 30.3 Å². The Balaban J connectivity index is 1.94. The van der Waals surface area contributed by atoms with E-state index in [0.717, 1.165) is 11.4 Å². The topological polar surface area (TPSA) is 125 Å². The molecule has 2 aromatic carbocycles. The van der Waals surface area contributed by atoms with Gasteiger partial charge in [-0.05, 0) is 43.7 Å². The largest absolute Gasteiger partial charge is 0.493 e. The molecule has 1 aliphatic heterocycles. The van der Waals surface area contributed by atoms with Crippen LogP contribution in [0.5, 0.6) is 11.5 Å². The SMILES string of the molecule is CCCOc1ccc(/C=C2/C(=O)NN(c3ccccc3)C2=O)c(OC[C@@H](O)CC(=O)O)c1C. The number of carboxylic acid groups (broad SMARTS) is 1. The zero-order valence-corrected chi connectivity index (χ0v) is 18.4. The number of anilines is 1. The minimum absolute atomic E-state index is 0.0867. The molecule has 174 valence electrons. The van der Waals surface area contributed by atoms with Crippen LogP contribution in [0.25, 0.3) is 6.08 Å². The molecule has 2 aromatic rings. The molecule has 3 rings (SSSR count). The zero-order valence-electron chi connectivity index (χ0n) is 18.4. The number of carbonyl (C=O) groups is 3. The number of nitrogens with one attached hydrogen (secondary N) is 1. The van der Waals surface area contributed by atoms with E-state index in [1.54, 1.807) is 49.4 Å². The van der Waals surface area contributed by atoms with Gasteiger partial charge in [0.1, 0.15) is 23.7 Å². The van der Waals surface area contributed by atoms with E-state index in [4.69, 9.17) is 14.6 Å². The number of aliphatic hydroxyl groups is 1.